The number of hydrogen-bond acceptors (Lipinski definition) is 2. The third-order valence-electron chi connectivity index (χ3n) is 0.712. The molecule has 0 aromatic rings. The molecule has 0 fully saturated rings. The molecule has 0 aliphatic carbocycles. The molecule has 0 radical (unpaired) electrons. The minimum absolute atomic E-state index is 0.252. The fourth-order valence-electron chi connectivity index (χ4n) is 0.408. The molecule has 0 aliphatic heterocycles. The Labute approximate surface area is 72.0 Å². The Balaban J connectivity index is 4.78. The van der Waals surface area contributed by atoms with E-state index in [4.69, 9.17) is 0 Å². The van der Waals surface area contributed by atoms with Crippen LogP contribution in [0.15, 0.2) is 0 Å². The van der Waals surface area contributed by atoms with Crippen molar-refractivity contribution in [3.8, 4) is 0 Å². The van der Waals surface area contributed by atoms with Crippen molar-refractivity contribution in [1.29, 1.82) is 0 Å². The van der Waals surface area contributed by atoms with Crippen molar-refractivity contribution in [2.45, 2.75) is 25.6 Å². The van der Waals surface area contributed by atoms with Crippen molar-refractivity contribution in [2.24, 2.45) is 0 Å². The van der Waals surface area contributed by atoms with Gasteiger partial charge < -0.3 is 0 Å². The molecule has 14 heavy (non-hydrogen) atoms. The third-order valence-corrected chi connectivity index (χ3v) is 0.712. The second-order valence-corrected chi connectivity index (χ2v) is 2.13. The van der Waals surface area contributed by atoms with Crippen LogP contribution in [0, 0.1) is 0 Å². The van der Waals surface area contributed by atoms with Gasteiger partial charge in [-0.3, -0.25) is 0 Å². The number of hydroxylamine groups is 2. The number of halogens is 8. The molecule has 0 aromatic heterocycles. The molecule has 0 saturated carbocycles. The fourth-order valence-corrected chi connectivity index (χ4v) is 0.408. The summed E-state index contributed by atoms with van der Waals surface area (Å²) in [5.74, 6) is 0. The normalized spacial score (nSPS) is 15.0. The first-order valence-electron chi connectivity index (χ1n) is 2.85. The van der Waals surface area contributed by atoms with Crippen LogP contribution in [0.2, 0.25) is 0 Å². The van der Waals surface area contributed by atoms with E-state index in [2.05, 4.69) is 4.84 Å². The smallest absolute Gasteiger partial charge is 0.214 e. The highest BCUT2D eigenvalue weighted by Gasteiger charge is 2.58. The van der Waals surface area contributed by atoms with Crippen LogP contribution in [0.25, 0.3) is 0 Å². The van der Waals surface area contributed by atoms with Gasteiger partial charge in [0.2, 0.25) is 0 Å². The first-order chi connectivity index (χ1) is 5.84. The van der Waals surface area contributed by atoms with Crippen LogP contribution in [-0.4, -0.2) is 23.8 Å². The summed E-state index contributed by atoms with van der Waals surface area (Å²) in [5, 5.41) is -2.67. The average Bonchev–Trinajstić information content (AvgIpc) is 1.75. The van der Waals surface area contributed by atoms with Crippen LogP contribution in [0.5, 0.6) is 0 Å². The SMILES string of the molecule is CC(F)(F)ON(C(F)(F)F)C(F)(F)F. The van der Waals surface area contributed by atoms with Gasteiger partial charge in [0, 0.05) is 12.0 Å². The Morgan fingerprint density at radius 2 is 1.07 bits per heavy atom. The van der Waals surface area contributed by atoms with Gasteiger partial charge in [0.05, 0.1) is 0 Å². The Morgan fingerprint density at radius 1 is 0.786 bits per heavy atom. The van der Waals surface area contributed by atoms with Gasteiger partial charge in [0.1, 0.15) is 0 Å². The molecule has 0 bridgehead atoms. The van der Waals surface area contributed by atoms with E-state index in [1.54, 1.807) is 0 Å². The molecule has 0 aliphatic rings. The lowest BCUT2D eigenvalue weighted by atomic mass is 10.7. The first-order valence-corrected chi connectivity index (χ1v) is 2.85. The predicted octanol–water partition coefficient (Wildman–Crippen LogP) is 2.87. The molecule has 0 atom stereocenters. The summed E-state index contributed by atoms with van der Waals surface area (Å²) in [4.78, 5) is 2.42. The maximum absolute atomic E-state index is 11.8. The van der Waals surface area contributed by atoms with Crippen LogP contribution in [0.4, 0.5) is 35.1 Å². The molecule has 86 valence electrons. The van der Waals surface area contributed by atoms with E-state index in [-0.39, 0.29) is 6.92 Å². The van der Waals surface area contributed by atoms with Crippen LogP contribution in [0.1, 0.15) is 6.92 Å². The van der Waals surface area contributed by atoms with E-state index >= 15 is 0 Å². The van der Waals surface area contributed by atoms with E-state index in [0.29, 0.717) is 0 Å². The standard InChI is InChI=1S/C4H3F8NO/c1-2(5,6)14-13(3(7,8)9)4(10,11)12/h1H3. The number of hydrogen-bond donors (Lipinski definition) is 0. The maximum atomic E-state index is 11.8. The van der Waals surface area contributed by atoms with Crippen molar-refractivity contribution in [2.75, 3.05) is 0 Å². The summed E-state index contributed by atoms with van der Waals surface area (Å²) in [6.07, 6.45) is -16.7. The Kier molecular flexibility index (Phi) is 3.34. The summed E-state index contributed by atoms with van der Waals surface area (Å²) in [5.41, 5.74) is 0. The van der Waals surface area contributed by atoms with Gasteiger partial charge in [0.25, 0.3) is 0 Å². The molecule has 0 aromatic carbocycles. The lowest BCUT2D eigenvalue weighted by molar-refractivity contribution is -0.529. The van der Waals surface area contributed by atoms with Crippen LogP contribution in [0.3, 0.4) is 0 Å². The van der Waals surface area contributed by atoms with E-state index in [9.17, 15) is 35.1 Å². The fraction of sp³-hybridized carbons (Fsp3) is 1.00. The molecule has 0 rings (SSSR count). The Bertz CT molecular complexity index is 175. The minimum atomic E-state index is -6.09. The quantitative estimate of drug-likeness (QED) is 0.413. The first kappa shape index (κ1) is 13.4. The molecule has 0 saturated heterocycles. The molecule has 0 N–H and O–H groups in total. The number of alkyl halides is 8. The predicted molar refractivity (Wildman–Crippen MR) is 25.7 cm³/mol. The van der Waals surface area contributed by atoms with Gasteiger partial charge in [-0.1, -0.05) is 0 Å². The van der Waals surface area contributed by atoms with Crippen molar-refractivity contribution in [1.82, 2.24) is 5.06 Å². The van der Waals surface area contributed by atoms with E-state index in [0.717, 1.165) is 0 Å². The molecule has 0 spiro atoms. The zero-order chi connectivity index (χ0) is 11.8. The molecular weight excluding hydrogens is 230 g/mol. The largest absolute Gasteiger partial charge is 0.490 e. The molecule has 0 unspecified atom stereocenters. The van der Waals surface area contributed by atoms with E-state index in [1.807, 2.05) is 0 Å². The lowest BCUT2D eigenvalue weighted by Crippen LogP contribution is -2.50. The molecule has 0 heterocycles. The second kappa shape index (κ2) is 3.50. The van der Waals surface area contributed by atoms with Crippen LogP contribution < -0.4 is 0 Å². The van der Waals surface area contributed by atoms with E-state index < -0.39 is 23.8 Å². The van der Waals surface area contributed by atoms with E-state index in [1.165, 1.54) is 0 Å². The molecule has 2 nitrogen and oxygen atoms in total. The number of rotatable bonds is 2. The third kappa shape index (κ3) is 4.56. The van der Waals surface area contributed by atoms with Gasteiger partial charge >= 0.3 is 18.7 Å². The van der Waals surface area contributed by atoms with Gasteiger partial charge in [0.15, 0.2) is 0 Å². The maximum Gasteiger partial charge on any atom is 0.490 e. The average molecular weight is 233 g/mol. The topological polar surface area (TPSA) is 12.5 Å². The molecule has 0 amide bonds. The Hall–Kier alpha value is -0.640. The highest BCUT2D eigenvalue weighted by atomic mass is 19.4. The molecule has 10 heteroatoms. The van der Waals surface area contributed by atoms with Crippen molar-refractivity contribution in [3.05, 3.63) is 0 Å². The summed E-state index contributed by atoms with van der Waals surface area (Å²) in [6.45, 7) is -0.252. The van der Waals surface area contributed by atoms with Gasteiger partial charge in [-0.2, -0.15) is 35.1 Å². The second-order valence-electron chi connectivity index (χ2n) is 2.13. The van der Waals surface area contributed by atoms with Gasteiger partial charge in [-0.25, -0.2) is 4.84 Å². The Morgan fingerprint density at radius 3 is 1.14 bits per heavy atom. The van der Waals surface area contributed by atoms with Crippen LogP contribution >= 0.6 is 0 Å². The summed E-state index contributed by atoms with van der Waals surface area (Å²) >= 11 is 0. The number of nitrogens with zero attached hydrogens (tertiary/aromatic N) is 1. The van der Waals surface area contributed by atoms with Crippen molar-refractivity contribution >= 4 is 0 Å². The highest BCUT2D eigenvalue weighted by molar-refractivity contribution is 4.53. The molecular formula is C4H3F8NO. The van der Waals surface area contributed by atoms with Gasteiger partial charge in [-0.05, 0) is 0 Å². The van der Waals surface area contributed by atoms with Crippen molar-refractivity contribution in [3.63, 3.8) is 0 Å². The summed E-state index contributed by atoms with van der Waals surface area (Å²) in [6, 6.07) is 0. The van der Waals surface area contributed by atoms with Gasteiger partial charge in [-0.15, -0.1) is 0 Å². The summed E-state index contributed by atoms with van der Waals surface area (Å²) in [7, 11) is 0. The van der Waals surface area contributed by atoms with Crippen molar-refractivity contribution < 1.29 is 40.0 Å². The lowest BCUT2D eigenvalue weighted by Gasteiger charge is -2.27. The summed E-state index contributed by atoms with van der Waals surface area (Å²) < 4.78 is 92.5. The zero-order valence-corrected chi connectivity index (χ0v) is 6.38. The minimum Gasteiger partial charge on any atom is -0.214 e. The monoisotopic (exact) mass is 233 g/mol. The highest BCUT2D eigenvalue weighted by Crippen LogP contribution is 2.36. The zero-order valence-electron chi connectivity index (χ0n) is 6.38. The van der Waals surface area contributed by atoms with Crippen LogP contribution in [-0.2, 0) is 4.84 Å².